The summed E-state index contributed by atoms with van der Waals surface area (Å²) in [5, 5.41) is 0.360. The normalized spacial score (nSPS) is 10.9. The fourth-order valence-electron chi connectivity index (χ4n) is 3.82. The molecule has 1 aromatic carbocycles. The van der Waals surface area contributed by atoms with Crippen LogP contribution in [0.5, 0.6) is 0 Å². The van der Waals surface area contributed by atoms with Gasteiger partial charge < -0.3 is 14.4 Å². The van der Waals surface area contributed by atoms with Crippen LogP contribution in [0.4, 0.5) is 4.39 Å². The summed E-state index contributed by atoms with van der Waals surface area (Å²) in [4.78, 5) is 53.9. The molecule has 0 aliphatic rings. The number of carbonyl (C=O) groups excluding carboxylic acids is 2. The molecule has 11 heteroatoms. The van der Waals surface area contributed by atoms with Crippen LogP contribution in [0.25, 0.3) is 0 Å². The zero-order chi connectivity index (χ0) is 28.2. The van der Waals surface area contributed by atoms with Crippen molar-refractivity contribution in [3.05, 3.63) is 82.0 Å². The predicted molar refractivity (Wildman–Crippen MR) is 149 cm³/mol. The lowest BCUT2D eigenvalue weighted by molar-refractivity contribution is -0.139. The van der Waals surface area contributed by atoms with Gasteiger partial charge in [0.15, 0.2) is 5.16 Å². The molecule has 3 aromatic rings. The van der Waals surface area contributed by atoms with Crippen molar-refractivity contribution in [2.45, 2.75) is 56.5 Å². The molecule has 0 spiro atoms. The molecular weight excluding hydrogens is 519 g/mol. The van der Waals surface area contributed by atoms with Gasteiger partial charge in [0.1, 0.15) is 18.7 Å². The van der Waals surface area contributed by atoms with Gasteiger partial charge in [0, 0.05) is 57.0 Å². The number of likely N-dealkylation sites (N-methyl/N-ethyl adjacent to an activating group) is 2. The summed E-state index contributed by atoms with van der Waals surface area (Å²) < 4.78 is 14.9. The number of hydrogen-bond acceptors (Lipinski definition) is 7. The van der Waals surface area contributed by atoms with E-state index in [0.717, 1.165) is 36.8 Å². The monoisotopic (exact) mass is 554 g/mol. The van der Waals surface area contributed by atoms with Crippen molar-refractivity contribution in [1.29, 1.82) is 0 Å². The number of nitrogens with zero attached hydrogens (tertiary/aromatic N) is 6. The second kappa shape index (κ2) is 15.1. The van der Waals surface area contributed by atoms with Gasteiger partial charge in [-0.1, -0.05) is 50.1 Å². The van der Waals surface area contributed by atoms with Gasteiger partial charge in [-0.25, -0.2) is 14.4 Å². The summed E-state index contributed by atoms with van der Waals surface area (Å²) in [5.41, 5.74) is 1.58. The molecule has 0 atom stereocenters. The number of carbonyl (C=O) groups is 2. The number of thioether (sulfide) groups is 1. The van der Waals surface area contributed by atoms with Crippen LogP contribution in [0.15, 0.2) is 59.1 Å². The van der Waals surface area contributed by atoms with Crippen molar-refractivity contribution in [2.75, 3.05) is 27.2 Å². The largest absolute Gasteiger partial charge is 0.344 e. The molecule has 2 aromatic heterocycles. The van der Waals surface area contributed by atoms with Gasteiger partial charge >= 0.3 is 0 Å². The van der Waals surface area contributed by atoms with E-state index in [-0.39, 0.29) is 37.1 Å². The van der Waals surface area contributed by atoms with Crippen LogP contribution in [0.3, 0.4) is 0 Å². The summed E-state index contributed by atoms with van der Waals surface area (Å²) in [5.74, 6) is -0.311. The van der Waals surface area contributed by atoms with Crippen molar-refractivity contribution in [3.8, 4) is 0 Å². The van der Waals surface area contributed by atoms with E-state index in [9.17, 15) is 18.8 Å². The third kappa shape index (κ3) is 9.58. The molecular formula is C28H35FN6O3S. The Morgan fingerprint density at radius 2 is 1.69 bits per heavy atom. The lowest BCUT2D eigenvalue weighted by atomic mass is 10.1. The average Bonchev–Trinajstić information content (AvgIpc) is 2.93. The lowest BCUT2D eigenvalue weighted by Crippen LogP contribution is -2.41. The fraction of sp³-hybridized carbons (Fsp3) is 0.429. The molecule has 9 nitrogen and oxygen atoms in total. The highest BCUT2D eigenvalue weighted by molar-refractivity contribution is 7.98. The van der Waals surface area contributed by atoms with Gasteiger partial charge in [0.05, 0.1) is 6.54 Å². The molecule has 0 bridgehead atoms. The summed E-state index contributed by atoms with van der Waals surface area (Å²) >= 11 is 1.28. The maximum atomic E-state index is 13.3. The summed E-state index contributed by atoms with van der Waals surface area (Å²) in [6.45, 7) is 2.66. The van der Waals surface area contributed by atoms with Crippen LogP contribution >= 0.6 is 11.8 Å². The molecule has 0 saturated carbocycles. The Bertz CT molecular complexity index is 1290. The summed E-state index contributed by atoms with van der Waals surface area (Å²) in [6.07, 6.45) is 10.8. The summed E-state index contributed by atoms with van der Waals surface area (Å²) in [6, 6.07) is 6.07. The highest BCUT2D eigenvalue weighted by Gasteiger charge is 2.19. The van der Waals surface area contributed by atoms with Crippen LogP contribution in [0.2, 0.25) is 0 Å². The van der Waals surface area contributed by atoms with Crippen LogP contribution in [0.1, 0.15) is 49.3 Å². The first-order valence-corrected chi connectivity index (χ1v) is 13.9. The van der Waals surface area contributed by atoms with E-state index < -0.39 is 5.56 Å². The smallest absolute Gasteiger partial charge is 0.277 e. The zero-order valence-corrected chi connectivity index (χ0v) is 23.5. The molecule has 0 aliphatic heterocycles. The predicted octanol–water partition coefficient (Wildman–Crippen LogP) is 3.55. The molecule has 2 heterocycles. The van der Waals surface area contributed by atoms with Crippen LogP contribution in [-0.2, 0) is 28.3 Å². The standard InChI is InChI=1S/C28H35FN6O3S/c1-4-5-6-7-12-33(2)25(36)17-34(3)26(37)18-35-16-23(13-22-14-30-20-31-15-22)27(38)32-28(35)39-19-21-8-10-24(29)11-9-21/h8-11,14-16,20H,4-7,12-13,17-19H2,1-3H3. The van der Waals surface area contributed by atoms with Crippen molar-refractivity contribution in [2.24, 2.45) is 0 Å². The molecule has 0 unspecified atom stereocenters. The Hall–Kier alpha value is -3.60. The number of benzene rings is 1. The first kappa shape index (κ1) is 29.9. The van der Waals surface area contributed by atoms with Crippen molar-refractivity contribution in [1.82, 2.24) is 29.3 Å². The minimum Gasteiger partial charge on any atom is -0.344 e. The Kier molecular flexibility index (Phi) is 11.6. The van der Waals surface area contributed by atoms with E-state index in [0.29, 0.717) is 23.0 Å². The molecule has 3 rings (SSSR count). The molecule has 0 aliphatic carbocycles. The van der Waals surface area contributed by atoms with E-state index >= 15 is 0 Å². The van der Waals surface area contributed by atoms with Crippen LogP contribution < -0.4 is 5.56 Å². The van der Waals surface area contributed by atoms with Gasteiger partial charge in [-0.15, -0.1) is 0 Å². The fourth-order valence-corrected chi connectivity index (χ4v) is 4.74. The number of hydrogen-bond donors (Lipinski definition) is 0. The van der Waals surface area contributed by atoms with Crippen molar-refractivity contribution < 1.29 is 14.0 Å². The third-order valence-electron chi connectivity index (χ3n) is 6.20. The van der Waals surface area contributed by atoms with E-state index in [4.69, 9.17) is 0 Å². The molecule has 0 fully saturated rings. The molecule has 0 saturated heterocycles. The Balaban J connectivity index is 1.74. The second-order valence-electron chi connectivity index (χ2n) is 9.45. The SMILES string of the molecule is CCCCCCN(C)C(=O)CN(C)C(=O)Cn1cc(Cc2cncnc2)c(=O)nc1SCc1ccc(F)cc1. The molecule has 2 amide bonds. The van der Waals surface area contributed by atoms with E-state index in [1.807, 2.05) is 0 Å². The van der Waals surface area contributed by atoms with Gasteiger partial charge in [-0.3, -0.25) is 14.4 Å². The number of amides is 2. The maximum absolute atomic E-state index is 13.3. The number of aromatic nitrogens is 4. The van der Waals surface area contributed by atoms with Crippen molar-refractivity contribution >= 4 is 23.6 Å². The van der Waals surface area contributed by atoms with Crippen LogP contribution in [-0.4, -0.2) is 68.3 Å². The number of rotatable bonds is 14. The molecule has 0 radical (unpaired) electrons. The van der Waals surface area contributed by atoms with E-state index in [1.165, 1.54) is 35.1 Å². The minimum atomic E-state index is -0.405. The summed E-state index contributed by atoms with van der Waals surface area (Å²) in [7, 11) is 3.34. The Morgan fingerprint density at radius 3 is 2.38 bits per heavy atom. The van der Waals surface area contributed by atoms with Crippen molar-refractivity contribution in [3.63, 3.8) is 0 Å². The third-order valence-corrected chi connectivity index (χ3v) is 7.26. The lowest BCUT2D eigenvalue weighted by Gasteiger charge is -2.23. The van der Waals surface area contributed by atoms with Gasteiger partial charge in [0.2, 0.25) is 11.8 Å². The highest BCUT2D eigenvalue weighted by atomic mass is 32.2. The van der Waals surface area contributed by atoms with Gasteiger partial charge in [0.25, 0.3) is 5.56 Å². The highest BCUT2D eigenvalue weighted by Crippen LogP contribution is 2.21. The maximum Gasteiger partial charge on any atom is 0.277 e. The van der Waals surface area contributed by atoms with Gasteiger partial charge in [-0.05, 0) is 29.7 Å². The molecule has 208 valence electrons. The quantitative estimate of drug-likeness (QED) is 0.171. The molecule has 0 N–H and O–H groups in total. The topological polar surface area (TPSA) is 101 Å². The molecule has 39 heavy (non-hydrogen) atoms. The van der Waals surface area contributed by atoms with Crippen LogP contribution in [0, 0.1) is 5.82 Å². The minimum absolute atomic E-state index is 0.0387. The first-order valence-electron chi connectivity index (χ1n) is 13.0. The van der Waals surface area contributed by atoms with E-state index in [2.05, 4.69) is 21.9 Å². The van der Waals surface area contributed by atoms with E-state index in [1.54, 1.807) is 54.3 Å². The Labute approximate surface area is 232 Å². The first-order chi connectivity index (χ1) is 18.8. The number of halogens is 1. The zero-order valence-electron chi connectivity index (χ0n) is 22.7. The van der Waals surface area contributed by atoms with Gasteiger partial charge in [-0.2, -0.15) is 4.98 Å². The second-order valence-corrected chi connectivity index (χ2v) is 10.4. The average molecular weight is 555 g/mol. The number of unbranched alkanes of at least 4 members (excludes halogenated alkanes) is 3. The Morgan fingerprint density at radius 1 is 0.974 bits per heavy atom.